The maximum atomic E-state index is 12.5. The van der Waals surface area contributed by atoms with Crippen molar-refractivity contribution in [1.82, 2.24) is 9.88 Å². The Morgan fingerprint density at radius 3 is 2.81 bits per heavy atom. The van der Waals surface area contributed by atoms with Crippen molar-refractivity contribution in [3.05, 3.63) is 22.8 Å². The molecule has 1 N–H and O–H groups in total. The Morgan fingerprint density at radius 2 is 2.24 bits per heavy atom. The van der Waals surface area contributed by atoms with E-state index in [9.17, 15) is 13.2 Å². The minimum Gasteiger partial charge on any atom is -0.370 e. The number of aromatic nitrogens is 1. The molecular weight excluding hydrogens is 314 g/mol. The van der Waals surface area contributed by atoms with E-state index in [1.807, 2.05) is 6.92 Å². The Balaban J connectivity index is 2.21. The number of carbonyl (C=O) groups excluding carboxylic acids is 1. The molecule has 8 heteroatoms. The van der Waals surface area contributed by atoms with Gasteiger partial charge in [0.2, 0.25) is 0 Å². The lowest BCUT2D eigenvalue weighted by molar-refractivity contribution is 0.0742. The number of sulfone groups is 1. The molecule has 1 aliphatic heterocycles. The molecule has 21 heavy (non-hydrogen) atoms. The minimum atomic E-state index is -3.04. The number of carbonyl (C=O) groups is 1. The van der Waals surface area contributed by atoms with Crippen LogP contribution in [0.5, 0.6) is 0 Å². The fraction of sp³-hybridized carbons (Fsp3) is 0.538. The first-order valence-electron chi connectivity index (χ1n) is 6.72. The zero-order valence-electron chi connectivity index (χ0n) is 12.0. The highest BCUT2D eigenvalue weighted by atomic mass is 35.5. The third kappa shape index (κ3) is 3.65. The van der Waals surface area contributed by atoms with Crippen LogP contribution in [-0.4, -0.2) is 55.3 Å². The molecule has 2 rings (SSSR count). The normalized spacial score (nSPS) is 20.2. The van der Waals surface area contributed by atoms with Crippen LogP contribution in [0.3, 0.4) is 0 Å². The largest absolute Gasteiger partial charge is 0.370 e. The Labute approximate surface area is 129 Å². The van der Waals surface area contributed by atoms with Gasteiger partial charge in [-0.25, -0.2) is 13.4 Å². The van der Waals surface area contributed by atoms with E-state index < -0.39 is 9.84 Å². The smallest absolute Gasteiger partial charge is 0.274 e. The fourth-order valence-corrected chi connectivity index (χ4v) is 4.25. The van der Waals surface area contributed by atoms with Gasteiger partial charge in [-0.1, -0.05) is 11.6 Å². The monoisotopic (exact) mass is 331 g/mol. The molecule has 6 nitrogen and oxygen atoms in total. The molecule has 1 amide bonds. The first-order chi connectivity index (χ1) is 9.84. The second-order valence-electron chi connectivity index (χ2n) is 5.03. The van der Waals surface area contributed by atoms with Gasteiger partial charge in [0.25, 0.3) is 5.91 Å². The summed E-state index contributed by atoms with van der Waals surface area (Å²) in [7, 11) is -1.45. The molecule has 2 heterocycles. The van der Waals surface area contributed by atoms with Crippen LogP contribution >= 0.6 is 11.6 Å². The lowest BCUT2D eigenvalue weighted by Gasteiger charge is -2.23. The van der Waals surface area contributed by atoms with Crippen LogP contribution in [0, 0.1) is 0 Å². The number of halogens is 1. The molecule has 1 aromatic rings. The van der Waals surface area contributed by atoms with Gasteiger partial charge in [0.1, 0.15) is 11.5 Å². The molecule has 0 spiro atoms. The Hall–Kier alpha value is -1.34. The summed E-state index contributed by atoms with van der Waals surface area (Å²) >= 11 is 6.04. The maximum absolute atomic E-state index is 12.5. The maximum Gasteiger partial charge on any atom is 0.274 e. The average molecular weight is 332 g/mol. The average Bonchev–Trinajstić information content (AvgIpc) is 2.80. The topological polar surface area (TPSA) is 79.4 Å². The number of pyridine rings is 1. The predicted molar refractivity (Wildman–Crippen MR) is 82.6 cm³/mol. The van der Waals surface area contributed by atoms with Gasteiger partial charge >= 0.3 is 0 Å². The molecular formula is C13H18ClN3O3S. The fourth-order valence-electron chi connectivity index (χ4n) is 2.29. The van der Waals surface area contributed by atoms with Crippen LogP contribution in [0.1, 0.15) is 23.8 Å². The summed E-state index contributed by atoms with van der Waals surface area (Å²) in [5.74, 6) is 0.327. The number of hydrogen-bond donors (Lipinski definition) is 1. The van der Waals surface area contributed by atoms with Gasteiger partial charge in [-0.05, 0) is 25.5 Å². The zero-order valence-corrected chi connectivity index (χ0v) is 13.5. The van der Waals surface area contributed by atoms with Gasteiger partial charge in [-0.15, -0.1) is 0 Å². The summed E-state index contributed by atoms with van der Waals surface area (Å²) in [4.78, 5) is 18.1. The van der Waals surface area contributed by atoms with Crippen LogP contribution < -0.4 is 5.32 Å². The first-order valence-corrected chi connectivity index (χ1v) is 8.92. The van der Waals surface area contributed by atoms with Crippen molar-refractivity contribution in [2.75, 3.05) is 30.4 Å². The minimum absolute atomic E-state index is 0.000238. The first kappa shape index (κ1) is 16.0. The van der Waals surface area contributed by atoms with Crippen LogP contribution in [0.2, 0.25) is 5.02 Å². The van der Waals surface area contributed by atoms with Crippen molar-refractivity contribution in [3.63, 3.8) is 0 Å². The molecule has 1 fully saturated rings. The van der Waals surface area contributed by atoms with Gasteiger partial charge in [-0.3, -0.25) is 4.79 Å². The van der Waals surface area contributed by atoms with Crippen molar-refractivity contribution in [2.24, 2.45) is 0 Å². The van der Waals surface area contributed by atoms with Crippen molar-refractivity contribution < 1.29 is 13.2 Å². The highest BCUT2D eigenvalue weighted by Gasteiger charge is 2.34. The Bertz CT molecular complexity index is 648. The molecule has 1 aromatic heterocycles. The van der Waals surface area contributed by atoms with E-state index >= 15 is 0 Å². The van der Waals surface area contributed by atoms with Crippen molar-refractivity contribution in [1.29, 1.82) is 0 Å². The van der Waals surface area contributed by atoms with Gasteiger partial charge < -0.3 is 10.2 Å². The molecule has 0 aliphatic carbocycles. The van der Waals surface area contributed by atoms with Crippen LogP contribution in [-0.2, 0) is 9.84 Å². The van der Waals surface area contributed by atoms with Crippen molar-refractivity contribution in [2.45, 2.75) is 19.4 Å². The summed E-state index contributed by atoms with van der Waals surface area (Å²) in [6.07, 6.45) is 0.453. The summed E-state index contributed by atoms with van der Waals surface area (Å²) in [5, 5.41) is 3.27. The highest BCUT2D eigenvalue weighted by Crippen LogP contribution is 2.22. The van der Waals surface area contributed by atoms with Gasteiger partial charge in [0.05, 0.1) is 16.5 Å². The standard InChI is InChI=1S/C13H18ClN3O3S/c1-3-15-11-5-4-10(14)12(16-11)13(18)17(2)9-6-7-21(19,20)8-9/h4-5,9H,3,6-8H2,1-2H3,(H,15,16). The highest BCUT2D eigenvalue weighted by molar-refractivity contribution is 7.91. The van der Waals surface area contributed by atoms with E-state index in [-0.39, 0.29) is 34.2 Å². The van der Waals surface area contributed by atoms with E-state index in [0.717, 1.165) is 0 Å². The van der Waals surface area contributed by atoms with Crippen LogP contribution in [0.4, 0.5) is 5.82 Å². The van der Waals surface area contributed by atoms with Crippen molar-refractivity contribution >= 4 is 33.2 Å². The second kappa shape index (κ2) is 6.19. The molecule has 1 unspecified atom stereocenters. The molecule has 1 aliphatic rings. The molecule has 116 valence electrons. The quantitative estimate of drug-likeness (QED) is 0.902. The third-order valence-corrected chi connectivity index (χ3v) is 5.54. The van der Waals surface area contributed by atoms with E-state index in [4.69, 9.17) is 11.6 Å². The number of amides is 1. The van der Waals surface area contributed by atoms with E-state index in [1.54, 1.807) is 19.2 Å². The molecule has 0 aromatic carbocycles. The summed E-state index contributed by atoms with van der Waals surface area (Å²) in [5.41, 5.74) is 0.141. The van der Waals surface area contributed by atoms with Crippen LogP contribution in [0.25, 0.3) is 0 Å². The lowest BCUT2D eigenvalue weighted by atomic mass is 10.2. The van der Waals surface area contributed by atoms with Gasteiger partial charge in [-0.2, -0.15) is 0 Å². The molecule has 1 atom stereocenters. The summed E-state index contributed by atoms with van der Waals surface area (Å²) in [6.45, 7) is 2.60. The van der Waals surface area contributed by atoms with Gasteiger partial charge in [0.15, 0.2) is 9.84 Å². The summed E-state index contributed by atoms with van der Waals surface area (Å²) in [6, 6.07) is 2.99. The zero-order chi connectivity index (χ0) is 15.6. The molecule has 0 radical (unpaired) electrons. The number of rotatable bonds is 4. The summed E-state index contributed by atoms with van der Waals surface area (Å²) < 4.78 is 23.0. The second-order valence-corrected chi connectivity index (χ2v) is 7.67. The van der Waals surface area contributed by atoms with Gasteiger partial charge in [0, 0.05) is 19.6 Å². The van der Waals surface area contributed by atoms with Crippen LogP contribution in [0.15, 0.2) is 12.1 Å². The number of nitrogens with one attached hydrogen (secondary N) is 1. The van der Waals surface area contributed by atoms with E-state index in [1.165, 1.54) is 4.90 Å². The van der Waals surface area contributed by atoms with E-state index in [2.05, 4.69) is 10.3 Å². The molecule has 0 saturated carbocycles. The predicted octanol–water partition coefficient (Wildman–Crippen LogP) is 1.43. The number of nitrogens with zero attached hydrogens (tertiary/aromatic N) is 2. The number of hydrogen-bond acceptors (Lipinski definition) is 5. The lowest BCUT2D eigenvalue weighted by Crippen LogP contribution is -2.38. The third-order valence-electron chi connectivity index (χ3n) is 3.48. The Kier molecular flexibility index (Phi) is 4.73. The SMILES string of the molecule is CCNc1ccc(Cl)c(C(=O)N(C)C2CCS(=O)(=O)C2)n1. The molecule has 0 bridgehead atoms. The van der Waals surface area contributed by atoms with E-state index in [0.29, 0.717) is 18.8 Å². The Morgan fingerprint density at radius 1 is 1.52 bits per heavy atom. The molecule has 1 saturated heterocycles. The van der Waals surface area contributed by atoms with Crippen molar-refractivity contribution in [3.8, 4) is 0 Å². The number of anilines is 1.